The molecule has 0 unspecified atom stereocenters. The zero-order chi connectivity index (χ0) is 15.2. The van der Waals surface area contributed by atoms with E-state index in [1.165, 1.54) is 11.1 Å². The van der Waals surface area contributed by atoms with Crippen molar-refractivity contribution in [1.29, 1.82) is 0 Å². The smallest absolute Gasteiger partial charge is 0.0763 e. The lowest BCUT2D eigenvalue weighted by Gasteiger charge is -2.22. The Labute approximate surface area is 129 Å². The van der Waals surface area contributed by atoms with Gasteiger partial charge in [0.15, 0.2) is 0 Å². The summed E-state index contributed by atoms with van der Waals surface area (Å²) in [7, 11) is -0.377. The molecule has 0 radical (unpaired) electrons. The van der Waals surface area contributed by atoms with Crippen LogP contribution in [-0.4, -0.2) is 17.0 Å². The predicted molar refractivity (Wildman–Crippen MR) is 95.7 cm³/mol. The van der Waals surface area contributed by atoms with Gasteiger partial charge in [-0.2, -0.15) is 0 Å². The maximum absolute atomic E-state index is 5.20. The molecule has 0 aromatic heterocycles. The Balaban J connectivity index is 2.51. The largest absolute Gasteiger partial charge is 0.260 e. The number of benzene rings is 2. The van der Waals surface area contributed by atoms with Crippen molar-refractivity contribution in [1.82, 2.24) is 0 Å². The highest BCUT2D eigenvalue weighted by Crippen LogP contribution is 2.48. The lowest BCUT2D eigenvalue weighted by Crippen LogP contribution is -2.07. The van der Waals surface area contributed by atoms with Crippen LogP contribution < -0.4 is 0 Å². The fourth-order valence-corrected chi connectivity index (χ4v) is 4.53. The van der Waals surface area contributed by atoms with Crippen LogP contribution in [0.5, 0.6) is 0 Å². The lowest BCUT2D eigenvalue weighted by atomic mass is 10.0. The molecule has 1 nitrogen and oxygen atoms in total. The summed E-state index contributed by atoms with van der Waals surface area (Å²) in [4.78, 5) is 0. The van der Waals surface area contributed by atoms with Gasteiger partial charge in [-0.1, -0.05) is 88.4 Å². The summed E-state index contributed by atoms with van der Waals surface area (Å²) in [6.07, 6.45) is 0. The summed E-state index contributed by atoms with van der Waals surface area (Å²) < 4.78 is 5.20. The van der Waals surface area contributed by atoms with Crippen molar-refractivity contribution in [2.45, 2.75) is 39.0 Å². The standard InChI is InChI=1S/C19H24NP/c1-15(2)21(16(3)4)20-19(17-11-7-5-8-12-17)18-13-9-6-10-14-18/h5-16H,1-4H3. The van der Waals surface area contributed by atoms with Gasteiger partial charge in [0.2, 0.25) is 0 Å². The van der Waals surface area contributed by atoms with E-state index in [-0.39, 0.29) is 8.07 Å². The molecule has 2 heteroatoms. The Morgan fingerprint density at radius 3 is 1.43 bits per heavy atom. The van der Waals surface area contributed by atoms with E-state index in [1.54, 1.807) is 0 Å². The van der Waals surface area contributed by atoms with Crippen LogP contribution in [0, 0.1) is 0 Å². The maximum Gasteiger partial charge on any atom is 0.0763 e. The van der Waals surface area contributed by atoms with Crippen molar-refractivity contribution >= 4 is 13.8 Å². The fourth-order valence-electron chi connectivity index (χ4n) is 2.42. The molecule has 110 valence electrons. The molecule has 0 amide bonds. The van der Waals surface area contributed by atoms with Crippen LogP contribution in [0.1, 0.15) is 38.8 Å². The highest BCUT2D eigenvalue weighted by molar-refractivity contribution is 7.57. The van der Waals surface area contributed by atoms with Gasteiger partial charge in [-0.05, 0) is 11.3 Å². The lowest BCUT2D eigenvalue weighted by molar-refractivity contribution is 1.01. The van der Waals surface area contributed by atoms with Gasteiger partial charge in [0.05, 0.1) is 5.71 Å². The van der Waals surface area contributed by atoms with Gasteiger partial charge < -0.3 is 0 Å². The summed E-state index contributed by atoms with van der Waals surface area (Å²) in [5, 5.41) is 0. The van der Waals surface area contributed by atoms with Gasteiger partial charge in [-0.25, -0.2) is 0 Å². The van der Waals surface area contributed by atoms with E-state index in [2.05, 4.69) is 88.4 Å². The molecule has 0 aliphatic rings. The minimum atomic E-state index is -0.377. The third-order valence-electron chi connectivity index (χ3n) is 3.37. The molecule has 0 heterocycles. The summed E-state index contributed by atoms with van der Waals surface area (Å²) in [6.45, 7) is 9.12. The summed E-state index contributed by atoms with van der Waals surface area (Å²) in [5.74, 6) is 0. The first-order valence-corrected chi connectivity index (χ1v) is 9.00. The Bertz CT molecular complexity index is 524. The van der Waals surface area contributed by atoms with Crippen LogP contribution in [0.15, 0.2) is 65.4 Å². The normalized spacial score (nSPS) is 11.2. The van der Waals surface area contributed by atoms with E-state index < -0.39 is 0 Å². The highest BCUT2D eigenvalue weighted by atomic mass is 31.1. The molecular weight excluding hydrogens is 273 g/mol. The molecule has 0 atom stereocenters. The minimum Gasteiger partial charge on any atom is -0.260 e. The molecule has 2 aromatic rings. The molecule has 0 aliphatic heterocycles. The highest BCUT2D eigenvalue weighted by Gasteiger charge is 2.18. The molecule has 0 N–H and O–H groups in total. The average molecular weight is 297 g/mol. The van der Waals surface area contributed by atoms with Gasteiger partial charge in [0.25, 0.3) is 0 Å². The third kappa shape index (κ3) is 4.25. The number of rotatable bonds is 5. The van der Waals surface area contributed by atoms with E-state index in [9.17, 15) is 0 Å². The van der Waals surface area contributed by atoms with E-state index in [0.29, 0.717) is 11.3 Å². The van der Waals surface area contributed by atoms with Crippen LogP contribution in [0.2, 0.25) is 0 Å². The van der Waals surface area contributed by atoms with E-state index >= 15 is 0 Å². The van der Waals surface area contributed by atoms with E-state index in [1.807, 2.05) is 0 Å². The average Bonchev–Trinajstić information content (AvgIpc) is 2.49. The van der Waals surface area contributed by atoms with Gasteiger partial charge in [-0.15, -0.1) is 0 Å². The second-order valence-corrected chi connectivity index (χ2v) is 8.77. The quantitative estimate of drug-likeness (QED) is 0.493. The first-order chi connectivity index (χ1) is 10.1. The molecule has 0 bridgehead atoms. The van der Waals surface area contributed by atoms with Crippen molar-refractivity contribution in [3.05, 3.63) is 71.8 Å². The molecule has 2 aromatic carbocycles. The topological polar surface area (TPSA) is 12.4 Å². The Morgan fingerprint density at radius 2 is 1.10 bits per heavy atom. The van der Waals surface area contributed by atoms with Gasteiger partial charge >= 0.3 is 0 Å². The van der Waals surface area contributed by atoms with Gasteiger partial charge in [-0.3, -0.25) is 4.76 Å². The van der Waals surface area contributed by atoms with Crippen molar-refractivity contribution in [2.24, 2.45) is 4.76 Å². The monoisotopic (exact) mass is 297 g/mol. The van der Waals surface area contributed by atoms with Crippen LogP contribution >= 0.6 is 8.07 Å². The van der Waals surface area contributed by atoms with Gasteiger partial charge in [0, 0.05) is 19.2 Å². The zero-order valence-corrected chi connectivity index (χ0v) is 14.2. The maximum atomic E-state index is 5.20. The second kappa shape index (κ2) is 7.52. The van der Waals surface area contributed by atoms with E-state index in [4.69, 9.17) is 4.76 Å². The van der Waals surface area contributed by atoms with Crippen LogP contribution in [0.4, 0.5) is 0 Å². The number of hydrogen-bond donors (Lipinski definition) is 0. The molecular formula is C19H24NP. The van der Waals surface area contributed by atoms with Crippen molar-refractivity contribution in [3.63, 3.8) is 0 Å². The van der Waals surface area contributed by atoms with Crippen LogP contribution in [0.3, 0.4) is 0 Å². The molecule has 0 saturated carbocycles. The number of nitrogens with zero attached hydrogens (tertiary/aromatic N) is 1. The first-order valence-electron chi connectivity index (χ1n) is 7.57. The Hall–Kier alpha value is -1.46. The predicted octanol–water partition coefficient (Wildman–Crippen LogP) is 5.74. The summed E-state index contributed by atoms with van der Waals surface area (Å²) >= 11 is 0. The molecule has 0 saturated heterocycles. The fraction of sp³-hybridized carbons (Fsp3) is 0.316. The molecule has 0 aliphatic carbocycles. The second-order valence-electron chi connectivity index (χ2n) is 5.75. The summed E-state index contributed by atoms with van der Waals surface area (Å²) in [6, 6.07) is 21.1. The molecule has 21 heavy (non-hydrogen) atoms. The first kappa shape index (κ1) is 15.9. The third-order valence-corrected chi connectivity index (χ3v) is 5.92. The minimum absolute atomic E-state index is 0.377. The van der Waals surface area contributed by atoms with Crippen LogP contribution in [0.25, 0.3) is 0 Å². The molecule has 0 spiro atoms. The summed E-state index contributed by atoms with van der Waals surface area (Å²) in [5.41, 5.74) is 4.74. The molecule has 0 fully saturated rings. The van der Waals surface area contributed by atoms with Crippen molar-refractivity contribution in [2.75, 3.05) is 0 Å². The SMILES string of the molecule is CC(C)P(N=C(c1ccccc1)c1ccccc1)C(C)C. The van der Waals surface area contributed by atoms with Gasteiger partial charge in [0.1, 0.15) is 0 Å². The van der Waals surface area contributed by atoms with Crippen molar-refractivity contribution < 1.29 is 0 Å². The van der Waals surface area contributed by atoms with Crippen molar-refractivity contribution in [3.8, 4) is 0 Å². The van der Waals surface area contributed by atoms with Crippen LogP contribution in [-0.2, 0) is 0 Å². The Morgan fingerprint density at radius 1 is 0.714 bits per heavy atom. The Kier molecular flexibility index (Phi) is 5.70. The zero-order valence-electron chi connectivity index (χ0n) is 13.3. The number of hydrogen-bond acceptors (Lipinski definition) is 1. The van der Waals surface area contributed by atoms with E-state index in [0.717, 1.165) is 5.71 Å². The molecule has 2 rings (SSSR count).